The van der Waals surface area contributed by atoms with Crippen molar-refractivity contribution in [2.24, 2.45) is 10.9 Å². The summed E-state index contributed by atoms with van der Waals surface area (Å²) in [6, 6.07) is 3.97. The van der Waals surface area contributed by atoms with Crippen LogP contribution in [-0.2, 0) is 6.54 Å². The van der Waals surface area contributed by atoms with Crippen LogP contribution in [0.3, 0.4) is 0 Å². The molecule has 1 unspecified atom stereocenters. The Hall–Kier alpha value is -1.91. The Morgan fingerprint density at radius 3 is 2.45 bits per heavy atom. The lowest BCUT2D eigenvalue weighted by Gasteiger charge is -2.36. The van der Waals surface area contributed by atoms with Crippen LogP contribution >= 0.6 is 24.0 Å². The van der Waals surface area contributed by atoms with Gasteiger partial charge in [0.05, 0.1) is 5.69 Å². The van der Waals surface area contributed by atoms with E-state index in [4.69, 9.17) is 4.99 Å². The summed E-state index contributed by atoms with van der Waals surface area (Å²) in [7, 11) is 0. The van der Waals surface area contributed by atoms with Crippen molar-refractivity contribution in [2.45, 2.75) is 34.2 Å². The molecule has 0 aliphatic carbocycles. The maximum absolute atomic E-state index is 4.91. The van der Waals surface area contributed by atoms with E-state index in [9.17, 15) is 0 Å². The van der Waals surface area contributed by atoms with Crippen LogP contribution in [0.25, 0.3) is 0 Å². The zero-order chi connectivity index (χ0) is 19.9. The van der Waals surface area contributed by atoms with E-state index in [1.807, 2.05) is 13.0 Å². The second-order valence-corrected chi connectivity index (χ2v) is 7.43. The van der Waals surface area contributed by atoms with Gasteiger partial charge in [-0.15, -0.1) is 24.0 Å². The van der Waals surface area contributed by atoms with Crippen molar-refractivity contribution in [1.82, 2.24) is 30.0 Å². The van der Waals surface area contributed by atoms with Gasteiger partial charge >= 0.3 is 0 Å². The summed E-state index contributed by atoms with van der Waals surface area (Å²) in [6.07, 6.45) is 3.59. The molecule has 9 heteroatoms. The van der Waals surface area contributed by atoms with Gasteiger partial charge in [-0.3, -0.25) is 9.67 Å². The first-order valence-electron chi connectivity index (χ1n) is 10.1. The van der Waals surface area contributed by atoms with Crippen LogP contribution in [0, 0.1) is 19.8 Å². The highest BCUT2D eigenvalue weighted by Crippen LogP contribution is 2.11. The van der Waals surface area contributed by atoms with Crippen molar-refractivity contribution >= 4 is 35.9 Å². The molecule has 2 aromatic heterocycles. The number of aromatic nitrogens is 4. The minimum absolute atomic E-state index is 0. The number of hydrogen-bond acceptors (Lipinski definition) is 5. The van der Waals surface area contributed by atoms with Crippen LogP contribution in [-0.4, -0.2) is 69.9 Å². The standard InChI is InChI=1S/C20H32N8.HI/c1-5-21-19(24-14-16(2)15-28-18(4)13-17(3)25-28)26-9-11-27(12-10-26)20-22-7-6-8-23-20;/h6-8,13,16H,5,9-12,14-15H2,1-4H3,(H,21,24);1H. The molecule has 0 aromatic carbocycles. The highest BCUT2D eigenvalue weighted by atomic mass is 127. The number of halogens is 1. The number of aryl methyl sites for hydroxylation is 2. The summed E-state index contributed by atoms with van der Waals surface area (Å²) in [6.45, 7) is 14.7. The number of aliphatic imine (C=N–C) groups is 1. The van der Waals surface area contributed by atoms with E-state index in [0.29, 0.717) is 5.92 Å². The van der Waals surface area contributed by atoms with E-state index < -0.39 is 0 Å². The number of rotatable bonds is 6. The highest BCUT2D eigenvalue weighted by Gasteiger charge is 2.21. The molecule has 8 nitrogen and oxygen atoms in total. The predicted molar refractivity (Wildman–Crippen MR) is 128 cm³/mol. The summed E-state index contributed by atoms with van der Waals surface area (Å²) in [5.74, 6) is 2.23. The van der Waals surface area contributed by atoms with Gasteiger partial charge in [0.1, 0.15) is 0 Å². The van der Waals surface area contributed by atoms with Crippen molar-refractivity contribution in [2.75, 3.05) is 44.2 Å². The van der Waals surface area contributed by atoms with Gasteiger partial charge in [0, 0.05) is 63.9 Å². The molecule has 1 saturated heterocycles. The minimum atomic E-state index is 0. The average Bonchev–Trinajstić information content (AvgIpc) is 3.02. The van der Waals surface area contributed by atoms with Crippen LogP contribution in [0.15, 0.2) is 29.5 Å². The highest BCUT2D eigenvalue weighted by molar-refractivity contribution is 14.0. The second-order valence-electron chi connectivity index (χ2n) is 7.43. The van der Waals surface area contributed by atoms with Crippen molar-refractivity contribution in [1.29, 1.82) is 0 Å². The van der Waals surface area contributed by atoms with Crippen molar-refractivity contribution in [3.05, 3.63) is 35.9 Å². The smallest absolute Gasteiger partial charge is 0.225 e. The third-order valence-electron chi connectivity index (χ3n) is 4.89. The van der Waals surface area contributed by atoms with E-state index in [1.54, 1.807) is 12.4 Å². The Kier molecular flexibility index (Phi) is 9.12. The number of hydrogen-bond donors (Lipinski definition) is 1. The van der Waals surface area contributed by atoms with E-state index in [2.05, 4.69) is 61.7 Å². The van der Waals surface area contributed by atoms with Gasteiger partial charge in [-0.1, -0.05) is 6.92 Å². The SMILES string of the molecule is CCNC(=NCC(C)Cn1nc(C)cc1C)N1CCN(c2ncccn2)CC1.I. The van der Waals surface area contributed by atoms with Gasteiger partial charge in [-0.2, -0.15) is 5.10 Å². The van der Waals surface area contributed by atoms with Gasteiger partial charge in [0.25, 0.3) is 0 Å². The predicted octanol–water partition coefficient (Wildman–Crippen LogP) is 2.33. The molecule has 0 radical (unpaired) electrons. The fraction of sp³-hybridized carbons (Fsp3) is 0.600. The monoisotopic (exact) mass is 512 g/mol. The Morgan fingerprint density at radius 2 is 1.86 bits per heavy atom. The molecule has 0 amide bonds. The van der Waals surface area contributed by atoms with Gasteiger partial charge < -0.3 is 15.1 Å². The Labute approximate surface area is 190 Å². The second kappa shape index (κ2) is 11.3. The van der Waals surface area contributed by atoms with E-state index in [1.165, 1.54) is 5.69 Å². The van der Waals surface area contributed by atoms with Gasteiger partial charge in [0.15, 0.2) is 5.96 Å². The molecule has 3 rings (SSSR count). The first-order chi connectivity index (χ1) is 13.6. The van der Waals surface area contributed by atoms with E-state index >= 15 is 0 Å². The quantitative estimate of drug-likeness (QED) is 0.364. The molecule has 1 atom stereocenters. The lowest BCUT2D eigenvalue weighted by molar-refractivity contribution is 0.367. The zero-order valence-electron chi connectivity index (χ0n) is 17.9. The number of nitrogens with zero attached hydrogens (tertiary/aromatic N) is 7. The number of nitrogens with one attached hydrogen (secondary N) is 1. The molecule has 0 bridgehead atoms. The van der Waals surface area contributed by atoms with E-state index in [0.717, 1.165) is 63.4 Å². The van der Waals surface area contributed by atoms with E-state index in [-0.39, 0.29) is 24.0 Å². The average molecular weight is 512 g/mol. The molecule has 1 aliphatic rings. The molecule has 29 heavy (non-hydrogen) atoms. The summed E-state index contributed by atoms with van der Waals surface area (Å²) < 4.78 is 2.08. The van der Waals surface area contributed by atoms with Crippen molar-refractivity contribution in [3.63, 3.8) is 0 Å². The molecule has 0 saturated carbocycles. The number of guanidine groups is 1. The fourth-order valence-corrected chi connectivity index (χ4v) is 3.45. The van der Waals surface area contributed by atoms with Gasteiger partial charge in [-0.05, 0) is 38.8 Å². The number of anilines is 1. The third kappa shape index (κ3) is 6.55. The maximum atomic E-state index is 4.91. The Bertz CT molecular complexity index is 768. The third-order valence-corrected chi connectivity index (χ3v) is 4.89. The van der Waals surface area contributed by atoms with Gasteiger partial charge in [-0.25, -0.2) is 9.97 Å². The summed E-state index contributed by atoms with van der Waals surface area (Å²) in [5.41, 5.74) is 2.28. The molecular weight excluding hydrogens is 479 g/mol. The zero-order valence-corrected chi connectivity index (χ0v) is 20.2. The summed E-state index contributed by atoms with van der Waals surface area (Å²) >= 11 is 0. The van der Waals surface area contributed by atoms with Crippen LogP contribution in [0.5, 0.6) is 0 Å². The van der Waals surface area contributed by atoms with Crippen LogP contribution in [0.2, 0.25) is 0 Å². The summed E-state index contributed by atoms with van der Waals surface area (Å²) in [4.78, 5) is 18.2. The molecule has 3 heterocycles. The van der Waals surface area contributed by atoms with Crippen molar-refractivity contribution in [3.8, 4) is 0 Å². The molecule has 1 aliphatic heterocycles. The topological polar surface area (TPSA) is 74.5 Å². The molecule has 1 N–H and O–H groups in total. The summed E-state index contributed by atoms with van der Waals surface area (Å²) in [5, 5.41) is 8.01. The first-order valence-corrected chi connectivity index (χ1v) is 10.1. The molecule has 0 spiro atoms. The van der Waals surface area contributed by atoms with Crippen LogP contribution in [0.1, 0.15) is 25.2 Å². The molecule has 2 aromatic rings. The van der Waals surface area contributed by atoms with Crippen LogP contribution in [0.4, 0.5) is 5.95 Å². The van der Waals surface area contributed by atoms with Crippen LogP contribution < -0.4 is 10.2 Å². The lowest BCUT2D eigenvalue weighted by atomic mass is 10.2. The maximum Gasteiger partial charge on any atom is 0.225 e. The molecule has 160 valence electrons. The molecular formula is C20H33IN8. The normalized spacial score (nSPS) is 15.8. The fourth-order valence-electron chi connectivity index (χ4n) is 3.45. The molecule has 1 fully saturated rings. The Morgan fingerprint density at radius 1 is 1.17 bits per heavy atom. The number of piperazine rings is 1. The van der Waals surface area contributed by atoms with Gasteiger partial charge in [0.2, 0.25) is 5.95 Å². The van der Waals surface area contributed by atoms with Crippen molar-refractivity contribution < 1.29 is 0 Å². The Balaban J connectivity index is 0.00000300. The lowest BCUT2D eigenvalue weighted by Crippen LogP contribution is -2.53. The largest absolute Gasteiger partial charge is 0.357 e. The first kappa shape index (κ1) is 23.4. The minimum Gasteiger partial charge on any atom is -0.357 e.